The Labute approximate surface area is 221 Å². The van der Waals surface area contributed by atoms with Crippen molar-refractivity contribution < 1.29 is 23.9 Å². The summed E-state index contributed by atoms with van der Waals surface area (Å²) in [6, 6.07) is 7.98. The van der Waals surface area contributed by atoms with E-state index in [0.717, 1.165) is 12.0 Å². The molecular formula is C29H43N3O5. The Balaban J connectivity index is 2.17. The molecule has 0 saturated carbocycles. The van der Waals surface area contributed by atoms with Crippen molar-refractivity contribution in [1.82, 2.24) is 15.5 Å². The van der Waals surface area contributed by atoms with Gasteiger partial charge in [0.15, 0.2) is 0 Å². The number of alkyl carbamates (subject to hydrolysis) is 1. The summed E-state index contributed by atoms with van der Waals surface area (Å²) in [7, 11) is 0. The summed E-state index contributed by atoms with van der Waals surface area (Å²) in [5.74, 6) is 1.73. The van der Waals surface area contributed by atoms with Crippen LogP contribution >= 0.6 is 0 Å². The molecule has 1 fully saturated rings. The molecule has 0 bridgehead atoms. The molecule has 8 heteroatoms. The first-order valence-electron chi connectivity index (χ1n) is 13.0. The van der Waals surface area contributed by atoms with E-state index in [9.17, 15) is 14.4 Å². The molecule has 2 N–H and O–H groups in total. The fourth-order valence-corrected chi connectivity index (χ4v) is 4.42. The van der Waals surface area contributed by atoms with E-state index in [1.165, 1.54) is 0 Å². The molecule has 0 radical (unpaired) electrons. The van der Waals surface area contributed by atoms with E-state index in [2.05, 4.69) is 16.6 Å². The lowest BCUT2D eigenvalue weighted by molar-refractivity contribution is -0.161. The largest absolute Gasteiger partial charge is 0.459 e. The van der Waals surface area contributed by atoms with Crippen molar-refractivity contribution in [2.45, 2.75) is 103 Å². The quantitative estimate of drug-likeness (QED) is 0.383. The summed E-state index contributed by atoms with van der Waals surface area (Å²) in [6.07, 6.45) is 6.87. The van der Waals surface area contributed by atoms with Crippen LogP contribution in [-0.4, -0.2) is 65.3 Å². The van der Waals surface area contributed by atoms with Crippen molar-refractivity contribution in [2.24, 2.45) is 0 Å². The van der Waals surface area contributed by atoms with Gasteiger partial charge in [0.05, 0.1) is 0 Å². The first-order chi connectivity index (χ1) is 17.2. The lowest BCUT2D eigenvalue weighted by Gasteiger charge is -2.33. The SMILES string of the molecule is C#CC[C@H](CNC(=O)[C@@H](NC(=O)OC(C)(C)C)C(C)c1ccccc1)N1CCC[C@H]1C(=O)OC(C)(C)C. The Morgan fingerprint density at radius 2 is 1.70 bits per heavy atom. The van der Waals surface area contributed by atoms with Crippen molar-refractivity contribution >= 4 is 18.0 Å². The Hall–Kier alpha value is -3.05. The Morgan fingerprint density at radius 1 is 1.08 bits per heavy atom. The van der Waals surface area contributed by atoms with E-state index in [4.69, 9.17) is 15.9 Å². The number of ether oxygens (including phenoxy) is 2. The van der Waals surface area contributed by atoms with E-state index < -0.39 is 29.4 Å². The zero-order valence-corrected chi connectivity index (χ0v) is 23.3. The van der Waals surface area contributed by atoms with Crippen molar-refractivity contribution in [2.75, 3.05) is 13.1 Å². The fourth-order valence-electron chi connectivity index (χ4n) is 4.42. The first kappa shape index (κ1) is 30.2. The molecule has 2 rings (SSSR count). The van der Waals surface area contributed by atoms with Gasteiger partial charge in [0.25, 0.3) is 0 Å². The highest BCUT2D eigenvalue weighted by Crippen LogP contribution is 2.25. The monoisotopic (exact) mass is 513 g/mol. The number of nitrogens with one attached hydrogen (secondary N) is 2. The molecule has 37 heavy (non-hydrogen) atoms. The lowest BCUT2D eigenvalue weighted by Crippen LogP contribution is -2.54. The van der Waals surface area contributed by atoms with Gasteiger partial charge in [0.2, 0.25) is 5.91 Å². The van der Waals surface area contributed by atoms with E-state index in [0.29, 0.717) is 19.4 Å². The number of nitrogens with zero attached hydrogens (tertiary/aromatic N) is 1. The fraction of sp³-hybridized carbons (Fsp3) is 0.621. The minimum absolute atomic E-state index is 0.232. The first-order valence-corrected chi connectivity index (χ1v) is 13.0. The average Bonchev–Trinajstić information content (AvgIpc) is 3.28. The molecule has 1 unspecified atom stereocenters. The number of hydrogen-bond donors (Lipinski definition) is 2. The van der Waals surface area contributed by atoms with Crippen LogP contribution in [0.1, 0.15) is 79.2 Å². The number of amides is 2. The Bertz CT molecular complexity index is 958. The topological polar surface area (TPSA) is 97.0 Å². The van der Waals surface area contributed by atoms with Crippen LogP contribution in [0.15, 0.2) is 30.3 Å². The van der Waals surface area contributed by atoms with E-state index in [-0.39, 0.29) is 30.4 Å². The average molecular weight is 514 g/mol. The molecule has 0 aromatic heterocycles. The molecule has 8 nitrogen and oxygen atoms in total. The van der Waals surface area contributed by atoms with Gasteiger partial charge in [0.1, 0.15) is 23.3 Å². The van der Waals surface area contributed by atoms with Crippen LogP contribution in [0.2, 0.25) is 0 Å². The maximum Gasteiger partial charge on any atom is 0.408 e. The zero-order valence-electron chi connectivity index (χ0n) is 23.3. The van der Waals surface area contributed by atoms with Crippen LogP contribution < -0.4 is 10.6 Å². The third-order valence-electron chi connectivity index (χ3n) is 6.09. The van der Waals surface area contributed by atoms with Gasteiger partial charge in [-0.2, -0.15) is 0 Å². The maximum absolute atomic E-state index is 13.4. The highest BCUT2D eigenvalue weighted by Gasteiger charge is 2.38. The second-order valence-corrected chi connectivity index (χ2v) is 11.6. The van der Waals surface area contributed by atoms with E-state index in [1.807, 2.05) is 62.9 Å². The minimum atomic E-state index is -0.871. The number of benzene rings is 1. The number of carbonyl (C=O) groups is 3. The van der Waals surface area contributed by atoms with Gasteiger partial charge in [0, 0.05) is 24.9 Å². The van der Waals surface area contributed by atoms with Crippen LogP contribution in [0.25, 0.3) is 0 Å². The number of carbonyl (C=O) groups excluding carboxylic acids is 3. The van der Waals surface area contributed by atoms with Gasteiger partial charge < -0.3 is 20.1 Å². The van der Waals surface area contributed by atoms with Crippen LogP contribution in [0.4, 0.5) is 4.79 Å². The summed E-state index contributed by atoms with van der Waals surface area (Å²) in [5.41, 5.74) is -0.385. The molecular weight excluding hydrogens is 470 g/mol. The van der Waals surface area contributed by atoms with Gasteiger partial charge in [-0.25, -0.2) is 4.79 Å². The van der Waals surface area contributed by atoms with Gasteiger partial charge >= 0.3 is 12.1 Å². The highest BCUT2D eigenvalue weighted by atomic mass is 16.6. The molecule has 1 aromatic carbocycles. The van der Waals surface area contributed by atoms with E-state index in [1.54, 1.807) is 20.8 Å². The maximum atomic E-state index is 13.4. The molecule has 2 amide bonds. The highest BCUT2D eigenvalue weighted by molar-refractivity contribution is 5.86. The standard InChI is InChI=1S/C29H43N3O5/c1-9-14-22(32-18-13-17-23(32)26(34)36-28(3,4)5)19-30-25(33)24(31-27(35)37-29(6,7)8)20(2)21-15-11-10-12-16-21/h1,10-12,15-16,20,22-24H,13-14,17-19H2,2-8H3,(H,30,33)(H,31,35)/t20?,22-,23+,24+/m1/s1. The summed E-state index contributed by atoms with van der Waals surface area (Å²) in [5, 5.41) is 5.72. The summed E-state index contributed by atoms with van der Waals surface area (Å²) in [6.45, 7) is 13.6. The Morgan fingerprint density at radius 3 is 2.27 bits per heavy atom. The molecule has 1 aliphatic heterocycles. The lowest BCUT2D eigenvalue weighted by atomic mass is 9.92. The molecule has 1 aromatic rings. The van der Waals surface area contributed by atoms with Gasteiger partial charge in [-0.15, -0.1) is 12.3 Å². The summed E-state index contributed by atoms with van der Waals surface area (Å²) >= 11 is 0. The normalized spacial score (nSPS) is 18.7. The predicted octanol–water partition coefficient (Wildman–Crippen LogP) is 4.00. The van der Waals surface area contributed by atoms with Crippen LogP contribution in [-0.2, 0) is 19.1 Å². The summed E-state index contributed by atoms with van der Waals surface area (Å²) in [4.78, 5) is 40.9. The van der Waals surface area contributed by atoms with Crippen LogP contribution in [0, 0.1) is 12.3 Å². The van der Waals surface area contributed by atoms with Gasteiger partial charge in [-0.05, 0) is 66.5 Å². The molecule has 0 aliphatic carbocycles. The summed E-state index contributed by atoms with van der Waals surface area (Å²) < 4.78 is 11.0. The van der Waals surface area contributed by atoms with Crippen molar-refractivity contribution in [3.63, 3.8) is 0 Å². The number of terminal acetylenes is 1. The second-order valence-electron chi connectivity index (χ2n) is 11.6. The van der Waals surface area contributed by atoms with Crippen molar-refractivity contribution in [3.8, 4) is 12.3 Å². The van der Waals surface area contributed by atoms with Crippen molar-refractivity contribution in [3.05, 3.63) is 35.9 Å². The molecule has 1 saturated heterocycles. The second kappa shape index (κ2) is 13.0. The number of rotatable bonds is 9. The Kier molecular flexibility index (Phi) is 10.6. The van der Waals surface area contributed by atoms with Crippen LogP contribution in [0.5, 0.6) is 0 Å². The minimum Gasteiger partial charge on any atom is -0.459 e. The van der Waals surface area contributed by atoms with E-state index >= 15 is 0 Å². The number of esters is 1. The molecule has 1 heterocycles. The molecule has 204 valence electrons. The zero-order chi connectivity index (χ0) is 27.8. The number of hydrogen-bond acceptors (Lipinski definition) is 6. The van der Waals surface area contributed by atoms with Crippen LogP contribution in [0.3, 0.4) is 0 Å². The molecule has 0 spiro atoms. The van der Waals surface area contributed by atoms with Crippen molar-refractivity contribution in [1.29, 1.82) is 0 Å². The molecule has 1 aliphatic rings. The van der Waals surface area contributed by atoms with Gasteiger partial charge in [-0.1, -0.05) is 37.3 Å². The third kappa shape index (κ3) is 9.73. The number of likely N-dealkylation sites (tertiary alicyclic amines) is 1. The predicted molar refractivity (Wildman–Crippen MR) is 144 cm³/mol. The smallest absolute Gasteiger partial charge is 0.408 e. The third-order valence-corrected chi connectivity index (χ3v) is 6.09. The van der Waals surface area contributed by atoms with Gasteiger partial charge in [-0.3, -0.25) is 14.5 Å². The molecule has 4 atom stereocenters.